The highest BCUT2D eigenvalue weighted by molar-refractivity contribution is 5.72. The fourth-order valence-electron chi connectivity index (χ4n) is 2.46. The van der Waals surface area contributed by atoms with Gasteiger partial charge in [-0.1, -0.05) is 19.3 Å². The molecule has 0 aliphatic rings. The molecule has 0 amide bonds. The van der Waals surface area contributed by atoms with Gasteiger partial charge < -0.3 is 19.7 Å². The van der Waals surface area contributed by atoms with E-state index in [1.165, 1.54) is 24.3 Å². The second kappa shape index (κ2) is 10.9. The molecule has 0 aliphatic heterocycles. The monoisotopic (exact) mass is 372 g/mol. The summed E-state index contributed by atoms with van der Waals surface area (Å²) >= 11 is 0. The van der Waals surface area contributed by atoms with Gasteiger partial charge in [-0.3, -0.25) is 9.59 Å². The van der Waals surface area contributed by atoms with Gasteiger partial charge in [0.15, 0.2) is 0 Å². The molecule has 0 saturated heterocycles. The van der Waals surface area contributed by atoms with E-state index in [0.29, 0.717) is 24.3 Å². The summed E-state index contributed by atoms with van der Waals surface area (Å²) in [6.07, 6.45) is 4.84. The summed E-state index contributed by atoms with van der Waals surface area (Å²) in [5.74, 6) is 0.509. The van der Waals surface area contributed by atoms with Crippen LogP contribution in [0.1, 0.15) is 44.9 Å². The van der Waals surface area contributed by atoms with Crippen molar-refractivity contribution in [2.75, 3.05) is 0 Å². The van der Waals surface area contributed by atoms with Crippen LogP contribution in [0, 0.1) is 0 Å². The summed E-state index contributed by atoms with van der Waals surface area (Å²) < 4.78 is 10.3. The third kappa shape index (κ3) is 8.27. The van der Waals surface area contributed by atoms with E-state index in [1.54, 1.807) is 24.3 Å². The number of rotatable bonds is 10. The van der Waals surface area contributed by atoms with Crippen LogP contribution >= 0.6 is 0 Å². The lowest BCUT2D eigenvalue weighted by Crippen LogP contribution is -2.08. The fraction of sp³-hybridized carbons (Fsp3) is 0.333. The zero-order valence-corrected chi connectivity index (χ0v) is 15.1. The van der Waals surface area contributed by atoms with Gasteiger partial charge in [0.2, 0.25) is 0 Å². The first-order chi connectivity index (χ1) is 13.0. The molecule has 6 heteroatoms. The number of aromatic hydroxyl groups is 2. The standard InChI is InChI=1S/C21H24O6/c22-16-8-12-18(13-9-16)26-20(24)6-4-2-1-3-5-7-21(25)27-19-14-10-17(23)11-15-19/h8-15,22-23H,1-7H2. The van der Waals surface area contributed by atoms with Crippen molar-refractivity contribution in [1.82, 2.24) is 0 Å². The first-order valence-corrected chi connectivity index (χ1v) is 9.02. The molecule has 144 valence electrons. The molecule has 6 nitrogen and oxygen atoms in total. The molecule has 0 radical (unpaired) electrons. The molecule has 2 N–H and O–H groups in total. The minimum Gasteiger partial charge on any atom is -0.508 e. The van der Waals surface area contributed by atoms with Crippen molar-refractivity contribution >= 4 is 11.9 Å². The average Bonchev–Trinajstić information content (AvgIpc) is 2.65. The van der Waals surface area contributed by atoms with E-state index >= 15 is 0 Å². The first kappa shape index (κ1) is 20.3. The highest BCUT2D eigenvalue weighted by Gasteiger charge is 2.06. The first-order valence-electron chi connectivity index (χ1n) is 9.02. The van der Waals surface area contributed by atoms with Crippen LogP contribution in [0.3, 0.4) is 0 Å². The second-order valence-electron chi connectivity index (χ2n) is 6.20. The number of carbonyl (C=O) groups excluding carboxylic acids is 2. The Morgan fingerprint density at radius 1 is 0.593 bits per heavy atom. The normalized spacial score (nSPS) is 10.4. The van der Waals surface area contributed by atoms with Gasteiger partial charge in [0.1, 0.15) is 23.0 Å². The predicted octanol–water partition coefficient (Wildman–Crippen LogP) is 4.34. The van der Waals surface area contributed by atoms with Crippen molar-refractivity contribution in [3.05, 3.63) is 48.5 Å². The van der Waals surface area contributed by atoms with Crippen LogP contribution in [0.15, 0.2) is 48.5 Å². The number of hydrogen-bond acceptors (Lipinski definition) is 6. The van der Waals surface area contributed by atoms with E-state index in [9.17, 15) is 19.8 Å². The summed E-state index contributed by atoms with van der Waals surface area (Å²) in [6.45, 7) is 0. The summed E-state index contributed by atoms with van der Waals surface area (Å²) in [6, 6.07) is 12.1. The Labute approximate surface area is 158 Å². The van der Waals surface area contributed by atoms with Crippen LogP contribution in [0.25, 0.3) is 0 Å². The minimum atomic E-state index is -0.293. The molecule has 2 rings (SSSR count). The van der Waals surface area contributed by atoms with E-state index < -0.39 is 0 Å². The van der Waals surface area contributed by atoms with Crippen molar-refractivity contribution in [3.63, 3.8) is 0 Å². The third-order valence-electron chi connectivity index (χ3n) is 3.90. The van der Waals surface area contributed by atoms with Crippen LogP contribution in [-0.4, -0.2) is 22.2 Å². The summed E-state index contributed by atoms with van der Waals surface area (Å²) in [4.78, 5) is 23.4. The number of esters is 2. The number of benzene rings is 2. The summed E-state index contributed by atoms with van der Waals surface area (Å²) in [7, 11) is 0. The number of hydrogen-bond donors (Lipinski definition) is 2. The maximum absolute atomic E-state index is 11.7. The van der Waals surface area contributed by atoms with E-state index in [4.69, 9.17) is 9.47 Å². The molecule has 0 atom stereocenters. The van der Waals surface area contributed by atoms with Crippen molar-refractivity contribution in [1.29, 1.82) is 0 Å². The molecule has 0 heterocycles. The maximum atomic E-state index is 11.7. The minimum absolute atomic E-state index is 0.127. The third-order valence-corrected chi connectivity index (χ3v) is 3.90. The van der Waals surface area contributed by atoms with E-state index in [2.05, 4.69) is 0 Å². The smallest absolute Gasteiger partial charge is 0.311 e. The van der Waals surface area contributed by atoms with Crippen LogP contribution in [-0.2, 0) is 9.59 Å². The van der Waals surface area contributed by atoms with Crippen molar-refractivity contribution < 1.29 is 29.3 Å². The number of unbranched alkanes of at least 4 members (excludes halogenated alkanes) is 4. The topological polar surface area (TPSA) is 93.1 Å². The van der Waals surface area contributed by atoms with Gasteiger partial charge in [0, 0.05) is 12.8 Å². The lowest BCUT2D eigenvalue weighted by Gasteiger charge is -2.05. The van der Waals surface area contributed by atoms with Gasteiger partial charge in [0.05, 0.1) is 0 Å². The number of phenols is 2. The lowest BCUT2D eigenvalue weighted by molar-refractivity contribution is -0.135. The second-order valence-corrected chi connectivity index (χ2v) is 6.20. The fourth-order valence-corrected chi connectivity index (χ4v) is 2.46. The van der Waals surface area contributed by atoms with Crippen LogP contribution < -0.4 is 9.47 Å². The van der Waals surface area contributed by atoms with Crippen LogP contribution in [0.4, 0.5) is 0 Å². The van der Waals surface area contributed by atoms with Gasteiger partial charge in [-0.25, -0.2) is 0 Å². The summed E-state index contributed by atoms with van der Waals surface area (Å²) in [5.41, 5.74) is 0. The Morgan fingerprint density at radius 2 is 0.926 bits per heavy atom. The largest absolute Gasteiger partial charge is 0.508 e. The molecular weight excluding hydrogens is 348 g/mol. The Balaban J connectivity index is 1.49. The number of carbonyl (C=O) groups is 2. The lowest BCUT2D eigenvalue weighted by atomic mass is 10.1. The van der Waals surface area contributed by atoms with E-state index in [1.807, 2.05) is 0 Å². The van der Waals surface area contributed by atoms with Gasteiger partial charge in [-0.2, -0.15) is 0 Å². The molecule has 0 aliphatic carbocycles. The zero-order valence-electron chi connectivity index (χ0n) is 15.1. The van der Waals surface area contributed by atoms with Gasteiger partial charge >= 0.3 is 11.9 Å². The number of ether oxygens (including phenoxy) is 2. The Morgan fingerprint density at radius 3 is 1.30 bits per heavy atom. The molecule has 0 saturated carbocycles. The molecule has 2 aromatic carbocycles. The highest BCUT2D eigenvalue weighted by Crippen LogP contribution is 2.18. The van der Waals surface area contributed by atoms with E-state index in [0.717, 1.165) is 32.1 Å². The Bertz CT molecular complexity index is 658. The molecule has 0 unspecified atom stereocenters. The van der Waals surface area contributed by atoms with Gasteiger partial charge in [-0.15, -0.1) is 0 Å². The average molecular weight is 372 g/mol. The van der Waals surface area contributed by atoms with Crippen molar-refractivity contribution in [3.8, 4) is 23.0 Å². The molecule has 0 bridgehead atoms. The van der Waals surface area contributed by atoms with Gasteiger partial charge in [0.25, 0.3) is 0 Å². The SMILES string of the molecule is O=C(CCCCCCCC(=O)Oc1ccc(O)cc1)Oc1ccc(O)cc1. The zero-order chi connectivity index (χ0) is 19.5. The molecule has 2 aromatic rings. The maximum Gasteiger partial charge on any atom is 0.311 e. The summed E-state index contributed by atoms with van der Waals surface area (Å²) in [5, 5.41) is 18.3. The van der Waals surface area contributed by atoms with Crippen LogP contribution in [0.2, 0.25) is 0 Å². The van der Waals surface area contributed by atoms with Crippen molar-refractivity contribution in [2.24, 2.45) is 0 Å². The highest BCUT2D eigenvalue weighted by atomic mass is 16.5. The van der Waals surface area contributed by atoms with E-state index in [-0.39, 0.29) is 23.4 Å². The quantitative estimate of drug-likeness (QED) is 0.366. The van der Waals surface area contributed by atoms with Crippen LogP contribution in [0.5, 0.6) is 23.0 Å². The molecule has 0 fully saturated rings. The molecule has 0 spiro atoms. The molecule has 0 aromatic heterocycles. The molecular formula is C21H24O6. The van der Waals surface area contributed by atoms with Gasteiger partial charge in [-0.05, 0) is 61.4 Å². The predicted molar refractivity (Wildman–Crippen MR) is 99.8 cm³/mol. The Hall–Kier alpha value is -3.02. The molecule has 27 heavy (non-hydrogen) atoms. The van der Waals surface area contributed by atoms with Crippen molar-refractivity contribution in [2.45, 2.75) is 44.9 Å². The number of phenolic OH excluding ortho intramolecular Hbond substituents is 2. The Kier molecular flexibility index (Phi) is 8.16.